The summed E-state index contributed by atoms with van der Waals surface area (Å²) in [6.07, 6.45) is 0.717. The van der Waals surface area contributed by atoms with Crippen LogP contribution >= 0.6 is 0 Å². The Kier molecular flexibility index (Phi) is 6.49. The molecule has 166 valence electrons. The molecule has 1 aliphatic rings. The standard InChI is InChI=1S/C24H25FN4O3/c1-2-32-20-10-6-17(7-11-20)15-26-23(30)21-14-22-24(31)28(12-3-13-29(22)27-21)16-18-4-8-19(25)9-5-18/h4-11,14H,2-3,12-13,15-16H2,1H3,(H,26,30). The van der Waals surface area contributed by atoms with Crippen LogP contribution in [0.15, 0.2) is 54.6 Å². The molecule has 0 atom stereocenters. The monoisotopic (exact) mass is 436 g/mol. The van der Waals surface area contributed by atoms with Crippen LogP contribution in [0.2, 0.25) is 0 Å². The molecule has 0 unspecified atom stereocenters. The molecule has 0 fully saturated rings. The number of aryl methyl sites for hydroxylation is 1. The second-order valence-corrected chi connectivity index (χ2v) is 7.60. The van der Waals surface area contributed by atoms with E-state index >= 15 is 0 Å². The predicted octanol–water partition coefficient (Wildman–Crippen LogP) is 3.40. The third-order valence-corrected chi connectivity index (χ3v) is 5.29. The highest BCUT2D eigenvalue weighted by Gasteiger charge is 2.26. The zero-order valence-corrected chi connectivity index (χ0v) is 17.9. The lowest BCUT2D eigenvalue weighted by Crippen LogP contribution is -2.30. The summed E-state index contributed by atoms with van der Waals surface area (Å²) in [7, 11) is 0. The lowest BCUT2D eigenvalue weighted by atomic mass is 10.2. The first-order valence-corrected chi connectivity index (χ1v) is 10.6. The molecule has 7 nitrogen and oxygen atoms in total. The number of amides is 2. The van der Waals surface area contributed by atoms with Gasteiger partial charge in [-0.2, -0.15) is 5.10 Å². The number of carbonyl (C=O) groups excluding carboxylic acids is 2. The molecule has 8 heteroatoms. The molecule has 0 saturated heterocycles. The van der Waals surface area contributed by atoms with Crippen LogP contribution in [-0.4, -0.2) is 39.6 Å². The Balaban J connectivity index is 1.42. The van der Waals surface area contributed by atoms with Crippen molar-refractivity contribution in [2.75, 3.05) is 13.2 Å². The molecule has 0 radical (unpaired) electrons. The number of rotatable bonds is 7. The Morgan fingerprint density at radius 2 is 1.81 bits per heavy atom. The molecular weight excluding hydrogens is 411 g/mol. The van der Waals surface area contributed by atoms with E-state index < -0.39 is 0 Å². The number of hydrogen-bond donors (Lipinski definition) is 1. The Morgan fingerprint density at radius 1 is 1.09 bits per heavy atom. The minimum atomic E-state index is -0.336. The van der Waals surface area contributed by atoms with Crippen molar-refractivity contribution in [3.63, 3.8) is 0 Å². The normalized spacial score (nSPS) is 13.4. The largest absolute Gasteiger partial charge is 0.494 e. The van der Waals surface area contributed by atoms with E-state index in [4.69, 9.17) is 4.74 Å². The molecule has 2 heterocycles. The van der Waals surface area contributed by atoms with E-state index in [1.165, 1.54) is 12.1 Å². The van der Waals surface area contributed by atoms with Gasteiger partial charge in [0, 0.05) is 32.2 Å². The highest BCUT2D eigenvalue weighted by atomic mass is 19.1. The molecule has 2 amide bonds. The Labute approximate surface area is 185 Å². The van der Waals surface area contributed by atoms with Crippen LogP contribution < -0.4 is 10.1 Å². The number of carbonyl (C=O) groups is 2. The molecule has 0 aliphatic carbocycles. The summed E-state index contributed by atoms with van der Waals surface area (Å²) in [6.45, 7) is 4.36. The van der Waals surface area contributed by atoms with E-state index in [1.807, 2.05) is 31.2 Å². The summed E-state index contributed by atoms with van der Waals surface area (Å²) >= 11 is 0. The number of benzene rings is 2. The van der Waals surface area contributed by atoms with Crippen LogP contribution in [0.1, 0.15) is 45.4 Å². The average molecular weight is 436 g/mol. The van der Waals surface area contributed by atoms with Crippen LogP contribution in [0.5, 0.6) is 5.75 Å². The van der Waals surface area contributed by atoms with Gasteiger partial charge in [-0.25, -0.2) is 4.39 Å². The molecule has 1 aliphatic heterocycles. The van der Waals surface area contributed by atoms with Crippen molar-refractivity contribution < 1.29 is 18.7 Å². The number of fused-ring (bicyclic) bond motifs is 1. The lowest BCUT2D eigenvalue weighted by Gasteiger charge is -2.20. The minimum Gasteiger partial charge on any atom is -0.494 e. The van der Waals surface area contributed by atoms with Gasteiger partial charge in [-0.15, -0.1) is 0 Å². The third kappa shape index (κ3) is 4.96. The van der Waals surface area contributed by atoms with Gasteiger partial charge in [0.2, 0.25) is 0 Å². The fraction of sp³-hybridized carbons (Fsp3) is 0.292. The highest BCUT2D eigenvalue weighted by molar-refractivity contribution is 5.98. The first-order chi connectivity index (χ1) is 15.5. The second-order valence-electron chi connectivity index (χ2n) is 7.60. The van der Waals surface area contributed by atoms with Gasteiger partial charge >= 0.3 is 0 Å². The number of nitrogens with zero attached hydrogens (tertiary/aromatic N) is 3. The zero-order valence-electron chi connectivity index (χ0n) is 17.9. The van der Waals surface area contributed by atoms with E-state index in [0.717, 1.165) is 23.3 Å². The molecule has 0 bridgehead atoms. The minimum absolute atomic E-state index is 0.190. The Morgan fingerprint density at radius 3 is 2.53 bits per heavy atom. The van der Waals surface area contributed by atoms with E-state index in [2.05, 4.69) is 10.4 Å². The van der Waals surface area contributed by atoms with Gasteiger partial charge in [0.1, 0.15) is 17.3 Å². The van der Waals surface area contributed by atoms with Crippen molar-refractivity contribution >= 4 is 11.8 Å². The smallest absolute Gasteiger partial charge is 0.272 e. The maximum Gasteiger partial charge on any atom is 0.272 e. The zero-order chi connectivity index (χ0) is 22.5. The Bertz CT molecular complexity index is 1090. The van der Waals surface area contributed by atoms with Gasteiger partial charge < -0.3 is 15.0 Å². The number of aromatic nitrogens is 2. The van der Waals surface area contributed by atoms with Crippen LogP contribution in [0.3, 0.4) is 0 Å². The number of ether oxygens (including phenoxy) is 1. The summed E-state index contributed by atoms with van der Waals surface area (Å²) in [5.41, 5.74) is 2.38. The summed E-state index contributed by atoms with van der Waals surface area (Å²) in [4.78, 5) is 27.4. The predicted molar refractivity (Wildman–Crippen MR) is 117 cm³/mol. The molecule has 0 saturated carbocycles. The van der Waals surface area contributed by atoms with Crippen LogP contribution in [0.25, 0.3) is 0 Å². The van der Waals surface area contributed by atoms with Crippen molar-refractivity contribution in [1.29, 1.82) is 0 Å². The molecule has 0 spiro atoms. The van der Waals surface area contributed by atoms with Crippen molar-refractivity contribution in [2.45, 2.75) is 33.0 Å². The number of hydrogen-bond acceptors (Lipinski definition) is 4. The van der Waals surface area contributed by atoms with Crippen molar-refractivity contribution in [3.8, 4) is 5.75 Å². The van der Waals surface area contributed by atoms with Crippen molar-refractivity contribution in [3.05, 3.63) is 82.9 Å². The fourth-order valence-electron chi connectivity index (χ4n) is 3.65. The molecule has 32 heavy (non-hydrogen) atoms. The summed E-state index contributed by atoms with van der Waals surface area (Å²) in [6, 6.07) is 15.2. The lowest BCUT2D eigenvalue weighted by molar-refractivity contribution is 0.0745. The van der Waals surface area contributed by atoms with Gasteiger partial charge in [0.05, 0.1) is 6.61 Å². The third-order valence-electron chi connectivity index (χ3n) is 5.29. The first kappa shape index (κ1) is 21.5. The van der Waals surface area contributed by atoms with E-state index in [-0.39, 0.29) is 23.3 Å². The van der Waals surface area contributed by atoms with Gasteiger partial charge in [-0.1, -0.05) is 24.3 Å². The van der Waals surface area contributed by atoms with Crippen LogP contribution in [0, 0.1) is 5.82 Å². The molecule has 1 aromatic heterocycles. The van der Waals surface area contributed by atoms with Gasteiger partial charge in [-0.3, -0.25) is 14.3 Å². The van der Waals surface area contributed by atoms with Crippen LogP contribution in [0.4, 0.5) is 4.39 Å². The molecule has 1 N–H and O–H groups in total. The van der Waals surface area contributed by atoms with Crippen molar-refractivity contribution in [1.82, 2.24) is 20.0 Å². The maximum atomic E-state index is 13.2. The molecule has 4 rings (SSSR count). The topological polar surface area (TPSA) is 76.5 Å². The Hall–Kier alpha value is -3.68. The SMILES string of the molecule is CCOc1ccc(CNC(=O)c2cc3n(n2)CCCN(Cc2ccc(F)cc2)C3=O)cc1. The van der Waals surface area contributed by atoms with E-state index in [1.54, 1.807) is 27.8 Å². The van der Waals surface area contributed by atoms with E-state index in [0.29, 0.717) is 38.5 Å². The number of halogens is 1. The summed E-state index contributed by atoms with van der Waals surface area (Å²) in [5, 5.41) is 7.20. The van der Waals surface area contributed by atoms with E-state index in [9.17, 15) is 14.0 Å². The van der Waals surface area contributed by atoms with Gasteiger partial charge in [0.25, 0.3) is 11.8 Å². The average Bonchev–Trinajstić information content (AvgIpc) is 3.17. The summed E-state index contributed by atoms with van der Waals surface area (Å²) in [5.74, 6) is -0.0544. The second kappa shape index (κ2) is 9.64. The van der Waals surface area contributed by atoms with Gasteiger partial charge in [-0.05, 0) is 48.7 Å². The quantitative estimate of drug-likeness (QED) is 0.616. The number of nitrogens with one attached hydrogen (secondary N) is 1. The van der Waals surface area contributed by atoms with Crippen LogP contribution in [-0.2, 0) is 19.6 Å². The molecule has 2 aromatic carbocycles. The first-order valence-electron chi connectivity index (χ1n) is 10.6. The summed E-state index contributed by atoms with van der Waals surface area (Å²) < 4.78 is 20.2. The fourth-order valence-corrected chi connectivity index (χ4v) is 3.65. The molecule has 3 aromatic rings. The van der Waals surface area contributed by atoms with Gasteiger partial charge in [0.15, 0.2) is 5.69 Å². The highest BCUT2D eigenvalue weighted by Crippen LogP contribution is 2.17. The van der Waals surface area contributed by atoms with Crippen molar-refractivity contribution in [2.24, 2.45) is 0 Å². The maximum absolute atomic E-state index is 13.2. The molecular formula is C24H25FN4O3.